The molecule has 124 valence electrons. The molecule has 6 nitrogen and oxygen atoms in total. The van der Waals surface area contributed by atoms with E-state index in [1.807, 2.05) is 32.2 Å². The molecular weight excluding hydrogens is 308 g/mol. The molecule has 0 spiro atoms. The van der Waals surface area contributed by atoms with E-state index < -0.39 is 5.97 Å². The van der Waals surface area contributed by atoms with E-state index in [1.165, 1.54) is 0 Å². The van der Waals surface area contributed by atoms with Gasteiger partial charge in [-0.05, 0) is 38.2 Å². The van der Waals surface area contributed by atoms with E-state index in [4.69, 9.17) is 14.0 Å². The monoisotopic (exact) mass is 326 g/mol. The fourth-order valence-electron chi connectivity index (χ4n) is 2.44. The Kier molecular flexibility index (Phi) is 4.48. The first kappa shape index (κ1) is 16.0. The third-order valence-corrected chi connectivity index (χ3v) is 4.03. The lowest BCUT2D eigenvalue weighted by Gasteiger charge is -2.21. The second kappa shape index (κ2) is 6.72. The normalized spacial score (nSPS) is 12.5. The average Bonchev–Trinajstić information content (AvgIpc) is 3.26. The largest absolute Gasteiger partial charge is 0.478 e. The van der Waals surface area contributed by atoms with Gasteiger partial charge in [-0.15, -0.1) is 0 Å². The number of nitrogens with zero attached hydrogens (tertiary/aromatic N) is 2. The van der Waals surface area contributed by atoms with Crippen LogP contribution in [0.25, 0.3) is 11.3 Å². The Morgan fingerprint density at radius 3 is 2.58 bits per heavy atom. The van der Waals surface area contributed by atoms with Crippen LogP contribution in [-0.2, 0) is 6.54 Å². The maximum absolute atomic E-state index is 10.9. The zero-order chi connectivity index (χ0) is 17.1. The molecule has 0 saturated carbocycles. The molecule has 0 radical (unpaired) electrons. The summed E-state index contributed by atoms with van der Waals surface area (Å²) in [5.41, 5.74) is 1.97. The lowest BCUT2D eigenvalue weighted by Crippen LogP contribution is -2.21. The van der Waals surface area contributed by atoms with Gasteiger partial charge in [-0.25, -0.2) is 4.79 Å². The van der Waals surface area contributed by atoms with Gasteiger partial charge in [-0.3, -0.25) is 4.90 Å². The summed E-state index contributed by atoms with van der Waals surface area (Å²) in [6.45, 7) is 2.67. The van der Waals surface area contributed by atoms with Crippen LogP contribution in [0.2, 0.25) is 0 Å². The number of hydrogen-bond donors (Lipinski definition) is 1. The molecule has 0 bridgehead atoms. The summed E-state index contributed by atoms with van der Waals surface area (Å²) in [4.78, 5) is 13.0. The third-order valence-electron chi connectivity index (χ3n) is 4.03. The molecule has 1 N–H and O–H groups in total. The summed E-state index contributed by atoms with van der Waals surface area (Å²) in [5, 5.41) is 12.9. The molecule has 6 heteroatoms. The van der Waals surface area contributed by atoms with Crippen LogP contribution in [0.4, 0.5) is 0 Å². The molecule has 0 amide bonds. The molecule has 1 unspecified atom stereocenters. The van der Waals surface area contributed by atoms with Crippen molar-refractivity contribution >= 4 is 5.97 Å². The number of rotatable bonds is 6. The Balaban J connectivity index is 1.70. The van der Waals surface area contributed by atoms with E-state index in [0.29, 0.717) is 12.3 Å². The smallest absolute Gasteiger partial charge is 0.335 e. The van der Waals surface area contributed by atoms with Gasteiger partial charge in [0.15, 0.2) is 0 Å². The molecule has 2 heterocycles. The average molecular weight is 326 g/mol. The Labute approximate surface area is 139 Å². The number of carboxylic acids is 1. The van der Waals surface area contributed by atoms with E-state index in [2.05, 4.69) is 10.1 Å². The Bertz CT molecular complexity index is 806. The SMILES string of the molecule is CC(c1ccon1)N(C)Cc1ccc(-c2ccc(C(=O)O)cc2)o1. The molecule has 0 aliphatic carbocycles. The van der Waals surface area contributed by atoms with Crippen LogP contribution in [0, 0.1) is 0 Å². The van der Waals surface area contributed by atoms with Gasteiger partial charge in [0.2, 0.25) is 0 Å². The number of carboxylic acid groups (broad SMARTS) is 1. The second-order valence-electron chi connectivity index (χ2n) is 5.66. The third kappa shape index (κ3) is 3.38. The summed E-state index contributed by atoms with van der Waals surface area (Å²) in [6, 6.07) is 12.4. The zero-order valence-corrected chi connectivity index (χ0v) is 13.5. The second-order valence-corrected chi connectivity index (χ2v) is 5.66. The number of carbonyl (C=O) groups is 1. The Morgan fingerprint density at radius 1 is 1.21 bits per heavy atom. The fourth-order valence-corrected chi connectivity index (χ4v) is 2.44. The van der Waals surface area contributed by atoms with Crippen LogP contribution >= 0.6 is 0 Å². The van der Waals surface area contributed by atoms with Crippen molar-refractivity contribution in [3.63, 3.8) is 0 Å². The first-order chi connectivity index (χ1) is 11.5. The number of aromatic nitrogens is 1. The maximum Gasteiger partial charge on any atom is 0.335 e. The van der Waals surface area contributed by atoms with Crippen molar-refractivity contribution in [3.05, 3.63) is 65.7 Å². The van der Waals surface area contributed by atoms with Gasteiger partial charge in [0.05, 0.1) is 18.2 Å². The maximum atomic E-state index is 10.9. The van der Waals surface area contributed by atoms with Crippen molar-refractivity contribution in [1.82, 2.24) is 10.1 Å². The lowest BCUT2D eigenvalue weighted by atomic mass is 10.1. The molecule has 3 aromatic rings. The fraction of sp³-hybridized carbons (Fsp3) is 0.222. The first-order valence-corrected chi connectivity index (χ1v) is 7.57. The number of hydrogen-bond acceptors (Lipinski definition) is 5. The highest BCUT2D eigenvalue weighted by Crippen LogP contribution is 2.25. The highest BCUT2D eigenvalue weighted by Gasteiger charge is 2.16. The van der Waals surface area contributed by atoms with Crippen molar-refractivity contribution in [2.45, 2.75) is 19.5 Å². The van der Waals surface area contributed by atoms with Crippen LogP contribution in [0.1, 0.15) is 34.8 Å². The topological polar surface area (TPSA) is 79.7 Å². The molecule has 2 aromatic heterocycles. The molecule has 3 rings (SSSR count). The predicted molar refractivity (Wildman–Crippen MR) is 87.5 cm³/mol. The van der Waals surface area contributed by atoms with Crippen molar-refractivity contribution < 1.29 is 18.8 Å². The van der Waals surface area contributed by atoms with Gasteiger partial charge in [-0.1, -0.05) is 17.3 Å². The minimum atomic E-state index is -0.940. The van der Waals surface area contributed by atoms with Gasteiger partial charge in [0.1, 0.15) is 23.5 Å². The van der Waals surface area contributed by atoms with Gasteiger partial charge in [-0.2, -0.15) is 0 Å². The molecule has 0 aliphatic rings. The van der Waals surface area contributed by atoms with Crippen LogP contribution < -0.4 is 0 Å². The summed E-state index contributed by atoms with van der Waals surface area (Å²) >= 11 is 0. The van der Waals surface area contributed by atoms with Crippen molar-refractivity contribution in [3.8, 4) is 11.3 Å². The zero-order valence-electron chi connectivity index (χ0n) is 13.5. The van der Waals surface area contributed by atoms with E-state index >= 15 is 0 Å². The first-order valence-electron chi connectivity index (χ1n) is 7.57. The van der Waals surface area contributed by atoms with Crippen LogP contribution in [0.3, 0.4) is 0 Å². The van der Waals surface area contributed by atoms with E-state index in [-0.39, 0.29) is 11.6 Å². The molecule has 24 heavy (non-hydrogen) atoms. The molecular formula is C18H18N2O4. The van der Waals surface area contributed by atoms with E-state index in [0.717, 1.165) is 17.0 Å². The van der Waals surface area contributed by atoms with Crippen molar-refractivity contribution in [2.24, 2.45) is 0 Å². The van der Waals surface area contributed by atoms with Crippen LogP contribution in [0.15, 0.2) is 57.7 Å². The van der Waals surface area contributed by atoms with Gasteiger partial charge in [0, 0.05) is 11.6 Å². The Hall–Kier alpha value is -2.86. The van der Waals surface area contributed by atoms with Gasteiger partial charge < -0.3 is 14.0 Å². The molecule has 0 fully saturated rings. The van der Waals surface area contributed by atoms with E-state index in [1.54, 1.807) is 30.5 Å². The summed E-state index contributed by atoms with van der Waals surface area (Å²) < 4.78 is 10.8. The number of furan rings is 1. The molecule has 0 saturated heterocycles. The summed E-state index contributed by atoms with van der Waals surface area (Å²) in [6.07, 6.45) is 1.56. The highest BCUT2D eigenvalue weighted by atomic mass is 16.5. The molecule has 0 aliphatic heterocycles. The quantitative estimate of drug-likeness (QED) is 0.741. The minimum absolute atomic E-state index is 0.104. The number of aromatic carboxylic acids is 1. The molecule has 1 aromatic carbocycles. The minimum Gasteiger partial charge on any atom is -0.478 e. The summed E-state index contributed by atoms with van der Waals surface area (Å²) in [5.74, 6) is 0.597. The lowest BCUT2D eigenvalue weighted by molar-refractivity contribution is 0.0697. The van der Waals surface area contributed by atoms with Crippen molar-refractivity contribution in [1.29, 1.82) is 0 Å². The van der Waals surface area contributed by atoms with Crippen LogP contribution in [0.5, 0.6) is 0 Å². The standard InChI is InChI=1S/C18H18N2O4/c1-12(16-9-10-23-19-16)20(2)11-15-7-8-17(24-15)13-3-5-14(6-4-13)18(21)22/h3-10,12H,11H2,1-2H3,(H,21,22). The molecule has 1 atom stereocenters. The van der Waals surface area contributed by atoms with Gasteiger partial charge >= 0.3 is 5.97 Å². The predicted octanol–water partition coefficient (Wildman–Crippen LogP) is 3.83. The van der Waals surface area contributed by atoms with Gasteiger partial charge in [0.25, 0.3) is 0 Å². The number of benzene rings is 1. The highest BCUT2D eigenvalue weighted by molar-refractivity contribution is 5.88. The van der Waals surface area contributed by atoms with Crippen LogP contribution in [-0.4, -0.2) is 28.2 Å². The summed E-state index contributed by atoms with van der Waals surface area (Å²) in [7, 11) is 1.99. The Morgan fingerprint density at radius 2 is 1.96 bits per heavy atom. The van der Waals surface area contributed by atoms with Crippen molar-refractivity contribution in [2.75, 3.05) is 7.05 Å². The van der Waals surface area contributed by atoms with E-state index in [9.17, 15) is 4.79 Å².